The van der Waals surface area contributed by atoms with Crippen LogP contribution < -0.4 is 10.0 Å². The van der Waals surface area contributed by atoms with Crippen LogP contribution in [0.15, 0.2) is 47.4 Å². The van der Waals surface area contributed by atoms with E-state index < -0.39 is 22.0 Å². The van der Waals surface area contributed by atoms with Gasteiger partial charge in [-0.05, 0) is 30.3 Å². The summed E-state index contributed by atoms with van der Waals surface area (Å²) in [4.78, 5) is 12.3. The summed E-state index contributed by atoms with van der Waals surface area (Å²) in [6.07, 6.45) is 5.03. The molecule has 2 N–H and O–H groups in total. The van der Waals surface area contributed by atoms with Gasteiger partial charge in [0.05, 0.1) is 27.6 Å². The van der Waals surface area contributed by atoms with Gasteiger partial charge in [0, 0.05) is 11.1 Å². The van der Waals surface area contributed by atoms with Crippen LogP contribution in [0.25, 0.3) is 0 Å². The van der Waals surface area contributed by atoms with Crippen molar-refractivity contribution in [2.24, 2.45) is 0 Å². The summed E-state index contributed by atoms with van der Waals surface area (Å²) in [5, 5.41) is 12.3. The fraction of sp³-hybridized carbons (Fsp3) is 0.111. The maximum absolute atomic E-state index is 12.4. The molecule has 0 radical (unpaired) electrons. The van der Waals surface area contributed by atoms with Crippen LogP contribution >= 0.6 is 23.2 Å². The average Bonchev–Trinajstić information content (AvgIpc) is 2.67. The largest absolute Gasteiger partial charge is 0.332 e. The van der Waals surface area contributed by atoms with E-state index in [-0.39, 0.29) is 27.0 Å². The van der Waals surface area contributed by atoms with E-state index in [1.807, 2.05) is 6.07 Å². The highest BCUT2D eigenvalue weighted by Gasteiger charge is 2.20. The Morgan fingerprint density at radius 1 is 1.19 bits per heavy atom. The van der Waals surface area contributed by atoms with Gasteiger partial charge in [0.1, 0.15) is 6.04 Å². The zero-order valence-electron chi connectivity index (χ0n) is 13.7. The van der Waals surface area contributed by atoms with Crippen molar-refractivity contribution in [1.29, 1.82) is 5.26 Å². The van der Waals surface area contributed by atoms with Crippen molar-refractivity contribution < 1.29 is 13.2 Å². The summed E-state index contributed by atoms with van der Waals surface area (Å²) < 4.78 is 26.2. The maximum Gasteiger partial charge on any atom is 0.252 e. The van der Waals surface area contributed by atoms with Gasteiger partial charge in [0.15, 0.2) is 0 Å². The molecule has 6 nitrogen and oxygen atoms in total. The van der Waals surface area contributed by atoms with E-state index in [9.17, 15) is 18.5 Å². The molecule has 9 heteroatoms. The lowest BCUT2D eigenvalue weighted by molar-refractivity contribution is 0.0945. The van der Waals surface area contributed by atoms with Gasteiger partial charge in [0.25, 0.3) is 5.91 Å². The molecule has 0 heterocycles. The van der Waals surface area contributed by atoms with E-state index in [4.69, 9.17) is 29.6 Å². The number of benzene rings is 2. The van der Waals surface area contributed by atoms with E-state index >= 15 is 0 Å². The third-order valence-electron chi connectivity index (χ3n) is 3.49. The lowest BCUT2D eigenvalue weighted by Gasteiger charge is -2.14. The Bertz CT molecular complexity index is 1040. The standard InChI is InChI=1S/C18H13Cl2N3O3S/c1-2-10-22-27(25,26)13-8-6-12(7-9-13)18(24)23-16(11-21)14-4-3-5-15(19)17(14)20/h1,3-9,16,22H,10H2,(H,23,24). The number of sulfonamides is 1. The number of halogens is 2. The Morgan fingerprint density at radius 3 is 2.44 bits per heavy atom. The maximum atomic E-state index is 12.4. The van der Waals surface area contributed by atoms with Gasteiger partial charge in [-0.1, -0.05) is 41.3 Å². The molecule has 1 atom stereocenters. The molecule has 0 aliphatic carbocycles. The predicted octanol–water partition coefficient (Wildman–Crippen LogP) is 2.90. The first-order valence-corrected chi connectivity index (χ1v) is 9.71. The molecular formula is C18H13Cl2N3O3S. The number of carbonyl (C=O) groups is 1. The second-order valence-electron chi connectivity index (χ2n) is 5.23. The van der Waals surface area contributed by atoms with Gasteiger partial charge < -0.3 is 5.32 Å². The van der Waals surface area contributed by atoms with E-state index in [1.165, 1.54) is 24.3 Å². The molecule has 0 saturated heterocycles. The summed E-state index contributed by atoms with van der Waals surface area (Å²) in [6, 6.07) is 10.9. The van der Waals surface area contributed by atoms with E-state index in [0.29, 0.717) is 5.56 Å². The molecule has 0 bridgehead atoms. The number of nitrogens with zero attached hydrogens (tertiary/aromatic N) is 1. The van der Waals surface area contributed by atoms with Crippen LogP contribution in [0, 0.1) is 23.7 Å². The molecule has 0 fully saturated rings. The van der Waals surface area contributed by atoms with Gasteiger partial charge in [-0.2, -0.15) is 9.98 Å². The zero-order chi connectivity index (χ0) is 20.0. The van der Waals surface area contributed by atoms with Crippen molar-refractivity contribution in [3.63, 3.8) is 0 Å². The van der Waals surface area contributed by atoms with Crippen LogP contribution in [0.1, 0.15) is 22.0 Å². The summed E-state index contributed by atoms with van der Waals surface area (Å²) in [6.45, 7) is -0.144. The van der Waals surface area contributed by atoms with Gasteiger partial charge in [-0.3, -0.25) is 4.79 Å². The first-order valence-electron chi connectivity index (χ1n) is 7.47. The van der Waals surface area contributed by atoms with Crippen LogP contribution in [0.4, 0.5) is 0 Å². The highest BCUT2D eigenvalue weighted by molar-refractivity contribution is 7.89. The summed E-state index contributed by atoms with van der Waals surface area (Å²) in [7, 11) is -3.75. The minimum atomic E-state index is -3.75. The fourth-order valence-corrected chi connectivity index (χ4v) is 3.49. The van der Waals surface area contributed by atoms with Gasteiger partial charge in [-0.25, -0.2) is 8.42 Å². The number of nitrogens with one attached hydrogen (secondary N) is 2. The molecule has 0 aliphatic rings. The Hall–Kier alpha value is -2.55. The zero-order valence-corrected chi connectivity index (χ0v) is 16.1. The summed E-state index contributed by atoms with van der Waals surface area (Å²) in [5.41, 5.74) is 0.530. The Morgan fingerprint density at radius 2 is 1.85 bits per heavy atom. The molecular weight excluding hydrogens is 409 g/mol. The summed E-state index contributed by atoms with van der Waals surface area (Å²) >= 11 is 12.0. The van der Waals surface area contributed by atoms with Crippen molar-refractivity contribution in [2.45, 2.75) is 10.9 Å². The summed E-state index contributed by atoms with van der Waals surface area (Å²) in [5.74, 6) is 1.60. The van der Waals surface area contributed by atoms with Gasteiger partial charge >= 0.3 is 0 Å². The molecule has 138 valence electrons. The normalized spacial score (nSPS) is 11.9. The van der Waals surface area contributed by atoms with Crippen LogP contribution in [0.3, 0.4) is 0 Å². The smallest absolute Gasteiger partial charge is 0.252 e. The number of hydrogen-bond donors (Lipinski definition) is 2. The molecule has 27 heavy (non-hydrogen) atoms. The van der Waals surface area contributed by atoms with Crippen LogP contribution in [-0.2, 0) is 10.0 Å². The molecule has 1 unspecified atom stereocenters. The number of terminal acetylenes is 1. The molecule has 0 aliphatic heterocycles. The monoisotopic (exact) mass is 421 g/mol. The number of amides is 1. The number of hydrogen-bond acceptors (Lipinski definition) is 4. The predicted molar refractivity (Wildman–Crippen MR) is 103 cm³/mol. The second kappa shape index (κ2) is 8.90. The van der Waals surface area contributed by atoms with Crippen molar-refractivity contribution in [3.05, 3.63) is 63.6 Å². The van der Waals surface area contributed by atoms with E-state index in [1.54, 1.807) is 18.2 Å². The molecule has 2 rings (SSSR count). The van der Waals surface area contributed by atoms with E-state index in [2.05, 4.69) is 16.0 Å². The highest BCUT2D eigenvalue weighted by Crippen LogP contribution is 2.29. The van der Waals surface area contributed by atoms with Gasteiger partial charge in [-0.15, -0.1) is 6.42 Å². The molecule has 0 spiro atoms. The fourth-order valence-electron chi connectivity index (χ4n) is 2.14. The molecule has 1 amide bonds. The van der Waals surface area contributed by atoms with Crippen LogP contribution in [-0.4, -0.2) is 20.9 Å². The Balaban J connectivity index is 2.19. The van der Waals surface area contributed by atoms with Crippen molar-refractivity contribution in [1.82, 2.24) is 10.0 Å². The third kappa shape index (κ3) is 5.00. The Labute approximate surface area is 167 Å². The first-order chi connectivity index (χ1) is 12.8. The van der Waals surface area contributed by atoms with E-state index in [0.717, 1.165) is 0 Å². The quantitative estimate of drug-likeness (QED) is 0.700. The molecule has 0 saturated carbocycles. The van der Waals surface area contributed by atoms with Crippen molar-refractivity contribution >= 4 is 39.1 Å². The molecule has 0 aromatic heterocycles. The lowest BCUT2D eigenvalue weighted by Crippen LogP contribution is -2.28. The minimum absolute atomic E-state index is 0.0379. The number of nitriles is 1. The van der Waals surface area contributed by atoms with Crippen LogP contribution in [0.2, 0.25) is 10.0 Å². The van der Waals surface area contributed by atoms with Gasteiger partial charge in [0.2, 0.25) is 10.0 Å². The SMILES string of the molecule is C#CCNS(=O)(=O)c1ccc(C(=O)NC(C#N)c2cccc(Cl)c2Cl)cc1. The second-order valence-corrected chi connectivity index (χ2v) is 7.78. The van der Waals surface area contributed by atoms with Crippen molar-refractivity contribution in [2.75, 3.05) is 6.54 Å². The van der Waals surface area contributed by atoms with Crippen molar-refractivity contribution in [3.8, 4) is 18.4 Å². The third-order valence-corrected chi connectivity index (χ3v) is 5.74. The minimum Gasteiger partial charge on any atom is -0.332 e. The highest BCUT2D eigenvalue weighted by atomic mass is 35.5. The number of carbonyl (C=O) groups excluding carboxylic acids is 1. The molecule has 2 aromatic rings. The first kappa shape index (κ1) is 20.8. The topological polar surface area (TPSA) is 99.1 Å². The molecule has 2 aromatic carbocycles. The Kier molecular flexibility index (Phi) is 6.84. The lowest BCUT2D eigenvalue weighted by atomic mass is 10.1. The van der Waals surface area contributed by atoms with Crippen LogP contribution in [0.5, 0.6) is 0 Å². The average molecular weight is 422 g/mol. The number of rotatable bonds is 6.